The molecule has 0 saturated carbocycles. The SMILES string of the molecule is NCCCNCCCCNN1C(=O)C=CC1=O. The Labute approximate surface area is 101 Å². The summed E-state index contributed by atoms with van der Waals surface area (Å²) in [6.45, 7) is 3.21. The zero-order chi connectivity index (χ0) is 12.5. The van der Waals surface area contributed by atoms with Gasteiger partial charge >= 0.3 is 0 Å². The van der Waals surface area contributed by atoms with Gasteiger partial charge in [-0.05, 0) is 38.9 Å². The average molecular weight is 240 g/mol. The van der Waals surface area contributed by atoms with Crippen LogP contribution in [0.5, 0.6) is 0 Å². The third-order valence-electron chi connectivity index (χ3n) is 2.42. The Morgan fingerprint density at radius 1 is 1.00 bits per heavy atom. The molecule has 17 heavy (non-hydrogen) atoms. The van der Waals surface area contributed by atoms with Gasteiger partial charge in [-0.2, -0.15) is 0 Å². The van der Waals surface area contributed by atoms with Crippen molar-refractivity contribution < 1.29 is 9.59 Å². The van der Waals surface area contributed by atoms with Gasteiger partial charge in [-0.15, -0.1) is 0 Å². The van der Waals surface area contributed by atoms with Crippen molar-refractivity contribution in [2.75, 3.05) is 26.2 Å². The maximum absolute atomic E-state index is 11.2. The molecule has 0 bridgehead atoms. The summed E-state index contributed by atoms with van der Waals surface area (Å²) in [5, 5.41) is 4.31. The fourth-order valence-corrected chi connectivity index (χ4v) is 1.47. The number of imide groups is 1. The quantitative estimate of drug-likeness (QED) is 0.360. The lowest BCUT2D eigenvalue weighted by Crippen LogP contribution is -2.43. The summed E-state index contributed by atoms with van der Waals surface area (Å²) in [4.78, 5) is 22.3. The van der Waals surface area contributed by atoms with Gasteiger partial charge in [0, 0.05) is 18.7 Å². The molecule has 0 fully saturated rings. The Bertz CT molecular complexity index is 273. The van der Waals surface area contributed by atoms with Crippen LogP contribution in [0.4, 0.5) is 0 Å². The van der Waals surface area contributed by atoms with Crippen LogP contribution in [0.3, 0.4) is 0 Å². The summed E-state index contributed by atoms with van der Waals surface area (Å²) in [5.74, 6) is -0.591. The molecule has 0 aromatic rings. The van der Waals surface area contributed by atoms with Gasteiger partial charge in [0.1, 0.15) is 0 Å². The molecule has 1 heterocycles. The number of hydrogen-bond donors (Lipinski definition) is 3. The highest BCUT2D eigenvalue weighted by atomic mass is 16.2. The van der Waals surface area contributed by atoms with E-state index >= 15 is 0 Å². The second-order valence-corrected chi connectivity index (χ2v) is 3.85. The van der Waals surface area contributed by atoms with E-state index in [1.54, 1.807) is 0 Å². The number of unbranched alkanes of at least 4 members (excludes halogenated alkanes) is 1. The highest BCUT2D eigenvalue weighted by molar-refractivity contribution is 6.12. The maximum atomic E-state index is 11.2. The summed E-state index contributed by atoms with van der Waals surface area (Å²) in [6.07, 6.45) is 5.43. The lowest BCUT2D eigenvalue weighted by molar-refractivity contribution is -0.140. The van der Waals surface area contributed by atoms with Gasteiger partial charge in [-0.25, -0.2) is 10.4 Å². The summed E-state index contributed by atoms with van der Waals surface area (Å²) in [7, 11) is 0. The van der Waals surface area contributed by atoms with Gasteiger partial charge in [0.05, 0.1) is 0 Å². The summed E-state index contributed by atoms with van der Waals surface area (Å²) in [6, 6.07) is 0. The molecule has 1 aliphatic rings. The number of amides is 2. The van der Waals surface area contributed by atoms with E-state index in [1.165, 1.54) is 12.2 Å². The van der Waals surface area contributed by atoms with E-state index < -0.39 is 0 Å². The summed E-state index contributed by atoms with van der Waals surface area (Å²) in [5.41, 5.74) is 8.17. The predicted octanol–water partition coefficient (Wildman–Crippen LogP) is -0.865. The van der Waals surface area contributed by atoms with Crippen molar-refractivity contribution in [1.29, 1.82) is 0 Å². The molecule has 0 radical (unpaired) electrons. The van der Waals surface area contributed by atoms with Crippen molar-refractivity contribution in [1.82, 2.24) is 15.8 Å². The number of nitrogens with one attached hydrogen (secondary N) is 2. The number of rotatable bonds is 9. The number of hydrogen-bond acceptors (Lipinski definition) is 5. The third-order valence-corrected chi connectivity index (χ3v) is 2.42. The van der Waals surface area contributed by atoms with Crippen LogP contribution in [-0.2, 0) is 9.59 Å². The molecule has 6 nitrogen and oxygen atoms in total. The molecule has 96 valence electrons. The fraction of sp³-hybridized carbons (Fsp3) is 0.636. The molecule has 0 aromatic heterocycles. The molecule has 0 unspecified atom stereocenters. The largest absolute Gasteiger partial charge is 0.330 e. The second kappa shape index (κ2) is 7.94. The average Bonchev–Trinajstić information content (AvgIpc) is 2.63. The highest BCUT2D eigenvalue weighted by Gasteiger charge is 2.22. The first-order chi connectivity index (χ1) is 8.25. The van der Waals surface area contributed by atoms with E-state index in [0.29, 0.717) is 13.1 Å². The Balaban J connectivity index is 1.94. The number of nitrogens with two attached hydrogens (primary N) is 1. The van der Waals surface area contributed by atoms with Gasteiger partial charge in [0.25, 0.3) is 11.8 Å². The van der Waals surface area contributed by atoms with Gasteiger partial charge in [0.2, 0.25) is 0 Å². The standard InChI is InChI=1S/C11H20N4O2/c12-6-3-8-13-7-1-2-9-14-15-10(16)4-5-11(15)17/h4-5,13-14H,1-3,6-9,12H2. The molecule has 0 saturated heterocycles. The van der Waals surface area contributed by atoms with Gasteiger partial charge in [-0.3, -0.25) is 9.59 Å². The van der Waals surface area contributed by atoms with Gasteiger partial charge in [-0.1, -0.05) is 0 Å². The third kappa shape index (κ3) is 5.08. The molecule has 1 rings (SSSR count). The van der Waals surface area contributed by atoms with Gasteiger partial charge in [0.15, 0.2) is 0 Å². The van der Waals surface area contributed by atoms with E-state index in [0.717, 1.165) is 37.4 Å². The molecule has 0 aromatic carbocycles. The molecule has 4 N–H and O–H groups in total. The first-order valence-corrected chi connectivity index (χ1v) is 5.96. The molecule has 0 atom stereocenters. The smallest absolute Gasteiger partial charge is 0.268 e. The first-order valence-electron chi connectivity index (χ1n) is 5.96. The summed E-state index contributed by atoms with van der Waals surface area (Å²) >= 11 is 0. The van der Waals surface area contributed by atoms with Gasteiger partial charge < -0.3 is 11.1 Å². The highest BCUT2D eigenvalue weighted by Crippen LogP contribution is 1.99. The number of hydrazine groups is 1. The van der Waals surface area contributed by atoms with Crippen LogP contribution < -0.4 is 16.5 Å². The van der Waals surface area contributed by atoms with Crippen LogP contribution in [0.1, 0.15) is 19.3 Å². The van der Waals surface area contributed by atoms with E-state index in [1.807, 2.05) is 0 Å². The second-order valence-electron chi connectivity index (χ2n) is 3.85. The van der Waals surface area contributed by atoms with Crippen molar-refractivity contribution in [3.05, 3.63) is 12.2 Å². The monoisotopic (exact) mass is 240 g/mol. The molecule has 0 aliphatic carbocycles. The van der Waals surface area contributed by atoms with Crippen LogP contribution in [0.2, 0.25) is 0 Å². The molecule has 6 heteroatoms. The van der Waals surface area contributed by atoms with E-state index in [9.17, 15) is 9.59 Å². The molecule has 1 aliphatic heterocycles. The summed E-state index contributed by atoms with van der Waals surface area (Å²) < 4.78 is 0. The Hall–Kier alpha value is -1.24. The Kier molecular flexibility index (Phi) is 6.46. The predicted molar refractivity (Wildman–Crippen MR) is 64.8 cm³/mol. The van der Waals surface area contributed by atoms with Crippen molar-refractivity contribution >= 4 is 11.8 Å². The van der Waals surface area contributed by atoms with E-state index in [2.05, 4.69) is 10.7 Å². The minimum Gasteiger partial charge on any atom is -0.330 e. The first kappa shape index (κ1) is 13.8. The van der Waals surface area contributed by atoms with Crippen LogP contribution in [0.25, 0.3) is 0 Å². The van der Waals surface area contributed by atoms with Crippen LogP contribution in [0.15, 0.2) is 12.2 Å². The Morgan fingerprint density at radius 3 is 2.24 bits per heavy atom. The van der Waals surface area contributed by atoms with E-state index in [-0.39, 0.29) is 11.8 Å². The lowest BCUT2D eigenvalue weighted by Gasteiger charge is -2.14. The zero-order valence-corrected chi connectivity index (χ0v) is 9.95. The number of nitrogens with zero attached hydrogens (tertiary/aromatic N) is 1. The molecule has 2 amide bonds. The van der Waals surface area contributed by atoms with Crippen molar-refractivity contribution in [2.45, 2.75) is 19.3 Å². The molecular weight excluding hydrogens is 220 g/mol. The van der Waals surface area contributed by atoms with Crippen LogP contribution >= 0.6 is 0 Å². The van der Waals surface area contributed by atoms with Crippen molar-refractivity contribution in [3.63, 3.8) is 0 Å². The number of carbonyl (C=O) groups is 2. The minimum absolute atomic E-state index is 0.295. The Morgan fingerprint density at radius 2 is 1.59 bits per heavy atom. The maximum Gasteiger partial charge on any atom is 0.268 e. The fourth-order valence-electron chi connectivity index (χ4n) is 1.47. The van der Waals surface area contributed by atoms with Crippen LogP contribution in [-0.4, -0.2) is 43.0 Å². The molecule has 0 spiro atoms. The topological polar surface area (TPSA) is 87.5 Å². The molecular formula is C11H20N4O2. The van der Waals surface area contributed by atoms with E-state index in [4.69, 9.17) is 5.73 Å². The normalized spacial score (nSPS) is 15.0. The van der Waals surface area contributed by atoms with Crippen molar-refractivity contribution in [2.24, 2.45) is 5.73 Å². The van der Waals surface area contributed by atoms with Crippen LogP contribution in [0, 0.1) is 0 Å². The van der Waals surface area contributed by atoms with Crippen molar-refractivity contribution in [3.8, 4) is 0 Å². The minimum atomic E-state index is -0.295. The number of carbonyl (C=O) groups excluding carboxylic acids is 2. The lowest BCUT2D eigenvalue weighted by atomic mass is 10.3. The zero-order valence-electron chi connectivity index (χ0n) is 9.95.